The number of nitrogen functional groups attached to an aromatic ring is 1. The molecule has 2 heterocycles. The van der Waals surface area contributed by atoms with Gasteiger partial charge in [0, 0.05) is 16.5 Å². The fourth-order valence-electron chi connectivity index (χ4n) is 2.87. The van der Waals surface area contributed by atoms with E-state index in [-0.39, 0.29) is 0 Å². The summed E-state index contributed by atoms with van der Waals surface area (Å²) in [6.45, 7) is 0. The minimum Gasteiger partial charge on any atom is -0.397 e. The van der Waals surface area contributed by atoms with Crippen LogP contribution < -0.4 is 11.5 Å². The summed E-state index contributed by atoms with van der Waals surface area (Å²) in [5.74, 6) is -0.555. The number of thiophene rings is 1. The molecule has 4 aromatic rings. The van der Waals surface area contributed by atoms with E-state index in [1.54, 1.807) is 0 Å². The van der Waals surface area contributed by atoms with Gasteiger partial charge in [-0.25, -0.2) is 0 Å². The predicted molar refractivity (Wildman–Crippen MR) is 101 cm³/mol. The van der Waals surface area contributed by atoms with Crippen molar-refractivity contribution in [1.82, 2.24) is 10.2 Å². The normalized spacial score (nSPS) is 10.9. The molecule has 4 N–H and O–H groups in total. The van der Waals surface area contributed by atoms with E-state index in [4.69, 9.17) is 11.5 Å². The molecule has 122 valence electrons. The third-order valence-electron chi connectivity index (χ3n) is 3.99. The zero-order valence-corrected chi connectivity index (χ0v) is 14.0. The highest BCUT2D eigenvalue weighted by molar-refractivity contribution is 7.21. The maximum atomic E-state index is 11.7. The number of aromatic nitrogens is 2. The van der Waals surface area contributed by atoms with Crippen molar-refractivity contribution in [2.45, 2.75) is 0 Å². The molecule has 0 saturated carbocycles. The number of carbonyl (C=O) groups excluding carboxylic acids is 1. The molecule has 0 aliphatic heterocycles. The highest BCUT2D eigenvalue weighted by atomic mass is 32.1. The maximum Gasteiger partial charge on any atom is 0.260 e. The number of hydrogen-bond donors (Lipinski definition) is 2. The molecule has 25 heavy (non-hydrogen) atoms. The van der Waals surface area contributed by atoms with Gasteiger partial charge in [0.1, 0.15) is 15.4 Å². The van der Waals surface area contributed by atoms with Crippen molar-refractivity contribution in [2.75, 3.05) is 5.73 Å². The summed E-state index contributed by atoms with van der Waals surface area (Å²) in [5, 5.41) is 9.43. The smallest absolute Gasteiger partial charge is 0.260 e. The first-order valence-electron chi connectivity index (χ1n) is 7.66. The number of nitrogens with zero attached hydrogens (tertiary/aromatic N) is 2. The van der Waals surface area contributed by atoms with Crippen LogP contribution in [0.3, 0.4) is 0 Å². The Morgan fingerprint density at radius 1 is 0.880 bits per heavy atom. The lowest BCUT2D eigenvalue weighted by molar-refractivity contribution is 0.100. The fraction of sp³-hybridized carbons (Fsp3) is 0. The Hall–Kier alpha value is -3.25. The summed E-state index contributed by atoms with van der Waals surface area (Å²) in [4.78, 5) is 12.6. The molecule has 0 fully saturated rings. The monoisotopic (exact) mass is 346 g/mol. The first kappa shape index (κ1) is 15.3. The van der Waals surface area contributed by atoms with Crippen molar-refractivity contribution >= 4 is 33.1 Å². The molecule has 2 aromatic carbocycles. The zero-order chi connectivity index (χ0) is 17.4. The Bertz CT molecular complexity index is 1070. The van der Waals surface area contributed by atoms with Crippen LogP contribution in [0, 0.1) is 0 Å². The van der Waals surface area contributed by atoms with Crippen LogP contribution in [0.5, 0.6) is 0 Å². The van der Waals surface area contributed by atoms with E-state index in [1.807, 2.05) is 60.7 Å². The van der Waals surface area contributed by atoms with Gasteiger partial charge >= 0.3 is 0 Å². The van der Waals surface area contributed by atoms with Crippen LogP contribution in [-0.2, 0) is 0 Å². The van der Waals surface area contributed by atoms with Gasteiger partial charge in [0.05, 0.1) is 5.69 Å². The van der Waals surface area contributed by atoms with Gasteiger partial charge in [-0.05, 0) is 5.56 Å². The van der Waals surface area contributed by atoms with Crippen LogP contribution in [0.15, 0.2) is 60.7 Å². The molecular formula is C19H14N4OS. The summed E-state index contributed by atoms with van der Waals surface area (Å²) in [6.07, 6.45) is 0. The highest BCUT2D eigenvalue weighted by Gasteiger charge is 2.22. The number of nitrogens with two attached hydrogens (primary N) is 2. The van der Waals surface area contributed by atoms with E-state index in [1.165, 1.54) is 11.3 Å². The molecule has 6 heteroatoms. The molecule has 5 nitrogen and oxygen atoms in total. The molecule has 0 spiro atoms. The van der Waals surface area contributed by atoms with Crippen molar-refractivity contribution in [3.63, 3.8) is 0 Å². The van der Waals surface area contributed by atoms with Gasteiger partial charge in [-0.3, -0.25) is 4.79 Å². The SMILES string of the molecule is NC(=O)c1sc2nnc(-c3ccccc3)c(-c3ccccc3)c2c1N. The van der Waals surface area contributed by atoms with Crippen molar-refractivity contribution in [2.24, 2.45) is 5.73 Å². The Labute approximate surface area is 147 Å². The third kappa shape index (κ3) is 2.53. The summed E-state index contributed by atoms with van der Waals surface area (Å²) in [7, 11) is 0. The van der Waals surface area contributed by atoms with Crippen molar-refractivity contribution in [3.05, 3.63) is 65.5 Å². The number of amides is 1. The summed E-state index contributed by atoms with van der Waals surface area (Å²) < 4.78 is 0. The summed E-state index contributed by atoms with van der Waals surface area (Å²) in [5.41, 5.74) is 15.6. The predicted octanol–water partition coefficient (Wildman–Crippen LogP) is 3.71. The van der Waals surface area contributed by atoms with E-state index in [9.17, 15) is 4.79 Å². The number of rotatable bonds is 3. The molecule has 4 rings (SSSR count). The lowest BCUT2D eigenvalue weighted by Gasteiger charge is -2.10. The average Bonchev–Trinajstić information content (AvgIpc) is 3.00. The standard InChI is InChI=1S/C19H14N4OS/c20-15-14-13(11-7-3-1-4-8-11)16(12-9-5-2-6-10-12)22-23-19(14)25-17(15)18(21)24/h1-10H,20H2,(H2,21,24). The summed E-state index contributed by atoms with van der Waals surface area (Å²) >= 11 is 1.17. The first-order valence-corrected chi connectivity index (χ1v) is 8.47. The Kier molecular flexibility index (Phi) is 3.66. The van der Waals surface area contributed by atoms with Crippen LogP contribution in [0.4, 0.5) is 5.69 Å². The summed E-state index contributed by atoms with van der Waals surface area (Å²) in [6, 6.07) is 19.6. The fourth-order valence-corrected chi connectivity index (χ4v) is 3.78. The van der Waals surface area contributed by atoms with Crippen molar-refractivity contribution < 1.29 is 4.79 Å². The maximum absolute atomic E-state index is 11.7. The molecular weight excluding hydrogens is 332 g/mol. The minimum atomic E-state index is -0.555. The molecule has 0 atom stereocenters. The second-order valence-corrected chi connectivity index (χ2v) is 6.54. The van der Waals surface area contributed by atoms with Crippen LogP contribution in [0.1, 0.15) is 9.67 Å². The minimum absolute atomic E-state index is 0.312. The zero-order valence-electron chi connectivity index (χ0n) is 13.1. The number of primary amides is 1. The Balaban J connectivity index is 2.13. The topological polar surface area (TPSA) is 94.9 Å². The Morgan fingerprint density at radius 2 is 1.48 bits per heavy atom. The van der Waals surface area contributed by atoms with Gasteiger partial charge in [-0.1, -0.05) is 60.7 Å². The Morgan fingerprint density at radius 3 is 2.08 bits per heavy atom. The number of anilines is 1. The van der Waals surface area contributed by atoms with E-state index < -0.39 is 5.91 Å². The van der Waals surface area contributed by atoms with Crippen LogP contribution in [0.25, 0.3) is 32.6 Å². The molecule has 0 aliphatic rings. The van der Waals surface area contributed by atoms with Crippen LogP contribution >= 0.6 is 11.3 Å². The number of hydrogen-bond acceptors (Lipinski definition) is 5. The molecule has 2 aromatic heterocycles. The number of benzene rings is 2. The highest BCUT2D eigenvalue weighted by Crippen LogP contribution is 2.42. The largest absolute Gasteiger partial charge is 0.397 e. The van der Waals surface area contributed by atoms with E-state index in [0.717, 1.165) is 27.8 Å². The van der Waals surface area contributed by atoms with E-state index in [2.05, 4.69) is 10.2 Å². The second kappa shape index (κ2) is 5.99. The van der Waals surface area contributed by atoms with E-state index in [0.29, 0.717) is 15.4 Å². The lowest BCUT2D eigenvalue weighted by atomic mass is 9.96. The number of fused-ring (bicyclic) bond motifs is 1. The molecule has 0 aliphatic carbocycles. The second-order valence-electron chi connectivity index (χ2n) is 5.54. The first-order chi connectivity index (χ1) is 12.2. The van der Waals surface area contributed by atoms with Gasteiger partial charge in [0.15, 0.2) is 0 Å². The van der Waals surface area contributed by atoms with E-state index >= 15 is 0 Å². The lowest BCUT2D eigenvalue weighted by Crippen LogP contribution is -2.10. The van der Waals surface area contributed by atoms with Gasteiger partial charge < -0.3 is 11.5 Å². The molecule has 0 radical (unpaired) electrons. The van der Waals surface area contributed by atoms with Gasteiger partial charge in [-0.15, -0.1) is 21.5 Å². The van der Waals surface area contributed by atoms with Crippen molar-refractivity contribution in [1.29, 1.82) is 0 Å². The van der Waals surface area contributed by atoms with Gasteiger partial charge in [0.25, 0.3) is 5.91 Å². The molecule has 0 unspecified atom stereocenters. The molecule has 0 bridgehead atoms. The van der Waals surface area contributed by atoms with Crippen molar-refractivity contribution in [3.8, 4) is 22.4 Å². The number of carbonyl (C=O) groups is 1. The van der Waals surface area contributed by atoms with Crippen LogP contribution in [0.2, 0.25) is 0 Å². The van der Waals surface area contributed by atoms with Gasteiger partial charge in [-0.2, -0.15) is 0 Å². The molecule has 0 saturated heterocycles. The average molecular weight is 346 g/mol. The quantitative estimate of drug-likeness (QED) is 0.591. The molecule has 1 amide bonds. The van der Waals surface area contributed by atoms with Gasteiger partial charge in [0.2, 0.25) is 0 Å². The van der Waals surface area contributed by atoms with Crippen LogP contribution in [-0.4, -0.2) is 16.1 Å². The third-order valence-corrected chi connectivity index (χ3v) is 5.09.